The molecule has 0 aliphatic carbocycles. The summed E-state index contributed by atoms with van der Waals surface area (Å²) >= 11 is 0. The maximum Gasteiger partial charge on any atom is 0.342 e. The number of hydrogen-bond acceptors (Lipinski definition) is 5. The fourth-order valence-electron chi connectivity index (χ4n) is 2.37. The van der Waals surface area contributed by atoms with Crippen LogP contribution in [0.25, 0.3) is 0 Å². The molecule has 1 N–H and O–H groups in total. The van der Waals surface area contributed by atoms with E-state index < -0.39 is 18.0 Å². The van der Waals surface area contributed by atoms with E-state index in [1.807, 2.05) is 13.8 Å². The van der Waals surface area contributed by atoms with Gasteiger partial charge in [0, 0.05) is 7.05 Å². The molecule has 1 amide bonds. The monoisotopic (exact) mass is 345 g/mol. The van der Waals surface area contributed by atoms with E-state index in [1.54, 1.807) is 42.9 Å². The van der Waals surface area contributed by atoms with Crippen LogP contribution in [0.4, 0.5) is 5.69 Å². The first-order chi connectivity index (χ1) is 11.8. The van der Waals surface area contributed by atoms with Gasteiger partial charge in [-0.15, -0.1) is 0 Å². The second-order valence-corrected chi connectivity index (χ2v) is 5.64. The van der Waals surface area contributed by atoms with Gasteiger partial charge in [0.25, 0.3) is 5.91 Å². The lowest BCUT2D eigenvalue weighted by molar-refractivity contribution is -0.123. The van der Waals surface area contributed by atoms with Gasteiger partial charge >= 0.3 is 5.97 Å². The highest BCUT2D eigenvalue weighted by atomic mass is 16.5. The SMILES string of the molecule is CCOc1ccccc1C(=O)O[C@@H](C)C(=O)Nc1c(C)nn(C)c1C. The fraction of sp³-hybridized carbons (Fsp3) is 0.389. The lowest BCUT2D eigenvalue weighted by Gasteiger charge is -2.15. The second kappa shape index (κ2) is 7.83. The molecule has 1 aromatic carbocycles. The van der Waals surface area contributed by atoms with Crippen molar-refractivity contribution in [3.05, 3.63) is 41.2 Å². The van der Waals surface area contributed by atoms with Gasteiger partial charge in [0.15, 0.2) is 6.10 Å². The Hall–Kier alpha value is -2.83. The molecule has 0 fully saturated rings. The summed E-state index contributed by atoms with van der Waals surface area (Å²) < 4.78 is 12.4. The van der Waals surface area contributed by atoms with Crippen molar-refractivity contribution in [1.82, 2.24) is 9.78 Å². The molecule has 0 spiro atoms. The zero-order chi connectivity index (χ0) is 18.6. The molecular formula is C18H23N3O4. The summed E-state index contributed by atoms with van der Waals surface area (Å²) in [5, 5.41) is 7.01. The Kier molecular flexibility index (Phi) is 5.80. The van der Waals surface area contributed by atoms with Crippen LogP contribution in [0.5, 0.6) is 5.75 Å². The van der Waals surface area contributed by atoms with Crippen molar-refractivity contribution in [2.45, 2.75) is 33.8 Å². The third kappa shape index (κ3) is 4.17. The van der Waals surface area contributed by atoms with E-state index in [2.05, 4.69) is 10.4 Å². The molecule has 2 rings (SSSR count). The quantitative estimate of drug-likeness (QED) is 0.814. The molecule has 0 radical (unpaired) electrons. The van der Waals surface area contributed by atoms with Crippen LogP contribution in [-0.4, -0.2) is 34.4 Å². The summed E-state index contributed by atoms with van der Waals surface area (Å²) in [5.41, 5.74) is 2.45. The van der Waals surface area contributed by atoms with Crippen LogP contribution in [0.15, 0.2) is 24.3 Å². The molecule has 2 aromatic rings. The van der Waals surface area contributed by atoms with Crippen LogP contribution in [0.1, 0.15) is 35.6 Å². The summed E-state index contributed by atoms with van der Waals surface area (Å²) in [6.45, 7) is 7.44. The van der Waals surface area contributed by atoms with Crippen molar-refractivity contribution >= 4 is 17.6 Å². The van der Waals surface area contributed by atoms with Crippen molar-refractivity contribution in [1.29, 1.82) is 0 Å². The first-order valence-electron chi connectivity index (χ1n) is 8.09. The highest BCUT2D eigenvalue weighted by molar-refractivity contribution is 5.98. The predicted octanol–water partition coefficient (Wildman–Crippen LogP) is 2.62. The number of rotatable bonds is 6. The molecule has 0 unspecified atom stereocenters. The molecule has 7 nitrogen and oxygen atoms in total. The lowest BCUT2D eigenvalue weighted by atomic mass is 10.2. The Balaban J connectivity index is 2.07. The summed E-state index contributed by atoms with van der Waals surface area (Å²) in [7, 11) is 1.80. The first-order valence-corrected chi connectivity index (χ1v) is 8.09. The van der Waals surface area contributed by atoms with Crippen LogP contribution in [0, 0.1) is 13.8 Å². The summed E-state index contributed by atoms with van der Waals surface area (Å²) in [4.78, 5) is 24.7. The molecule has 7 heteroatoms. The maximum absolute atomic E-state index is 12.3. The molecule has 0 saturated carbocycles. The number of ether oxygens (including phenoxy) is 2. The number of aryl methyl sites for hydroxylation is 2. The zero-order valence-electron chi connectivity index (χ0n) is 15.1. The Bertz CT molecular complexity index is 783. The van der Waals surface area contributed by atoms with E-state index in [0.717, 1.165) is 5.69 Å². The molecule has 0 aliphatic rings. The van der Waals surface area contributed by atoms with Gasteiger partial charge in [-0.2, -0.15) is 5.10 Å². The summed E-state index contributed by atoms with van der Waals surface area (Å²) in [5.74, 6) is -0.589. The van der Waals surface area contributed by atoms with Crippen LogP contribution in [0.2, 0.25) is 0 Å². The van der Waals surface area contributed by atoms with Gasteiger partial charge in [0.2, 0.25) is 0 Å². The van der Waals surface area contributed by atoms with E-state index in [-0.39, 0.29) is 5.56 Å². The van der Waals surface area contributed by atoms with Gasteiger partial charge in [0.1, 0.15) is 11.3 Å². The summed E-state index contributed by atoms with van der Waals surface area (Å²) in [6.07, 6.45) is -0.957. The number of nitrogens with one attached hydrogen (secondary N) is 1. The number of carbonyl (C=O) groups excluding carboxylic acids is 2. The van der Waals surface area contributed by atoms with Crippen LogP contribution >= 0.6 is 0 Å². The average Bonchev–Trinajstić information content (AvgIpc) is 2.81. The van der Waals surface area contributed by atoms with E-state index in [9.17, 15) is 9.59 Å². The zero-order valence-corrected chi connectivity index (χ0v) is 15.1. The number of esters is 1. The standard InChI is InChI=1S/C18H23N3O4/c1-6-24-15-10-8-7-9-14(15)18(23)25-13(4)17(22)19-16-11(2)20-21(5)12(16)3/h7-10,13H,6H2,1-5H3,(H,19,22)/t13-/m0/s1. The highest BCUT2D eigenvalue weighted by Crippen LogP contribution is 2.21. The van der Waals surface area contributed by atoms with E-state index >= 15 is 0 Å². The predicted molar refractivity (Wildman–Crippen MR) is 93.8 cm³/mol. The number of benzene rings is 1. The van der Waals surface area contributed by atoms with Crippen LogP contribution in [0.3, 0.4) is 0 Å². The molecule has 1 heterocycles. The number of amides is 1. The molecular weight excluding hydrogens is 322 g/mol. The minimum absolute atomic E-state index is 0.290. The molecule has 1 aromatic heterocycles. The number of carbonyl (C=O) groups is 2. The van der Waals surface area contributed by atoms with Gasteiger partial charge in [-0.25, -0.2) is 4.79 Å². The molecule has 1 atom stereocenters. The maximum atomic E-state index is 12.3. The normalized spacial score (nSPS) is 11.7. The summed E-state index contributed by atoms with van der Waals surface area (Å²) in [6, 6.07) is 6.78. The third-order valence-corrected chi connectivity index (χ3v) is 3.82. The van der Waals surface area contributed by atoms with Gasteiger partial charge in [0.05, 0.1) is 23.7 Å². The van der Waals surface area contributed by atoms with Crippen molar-refractivity contribution in [2.75, 3.05) is 11.9 Å². The molecule has 0 bridgehead atoms. The molecule has 0 aliphatic heterocycles. The Morgan fingerprint density at radius 2 is 1.96 bits per heavy atom. The van der Waals surface area contributed by atoms with Crippen molar-refractivity contribution in [3.63, 3.8) is 0 Å². The topological polar surface area (TPSA) is 82.4 Å². The van der Waals surface area contributed by atoms with Crippen molar-refractivity contribution < 1.29 is 19.1 Å². The van der Waals surface area contributed by atoms with Gasteiger partial charge < -0.3 is 14.8 Å². The van der Waals surface area contributed by atoms with E-state index in [0.29, 0.717) is 23.7 Å². The van der Waals surface area contributed by atoms with Gasteiger partial charge in [-0.05, 0) is 39.8 Å². The minimum atomic E-state index is -0.957. The Morgan fingerprint density at radius 1 is 1.28 bits per heavy atom. The molecule has 134 valence electrons. The van der Waals surface area contributed by atoms with Crippen LogP contribution < -0.4 is 10.1 Å². The number of aromatic nitrogens is 2. The number of para-hydroxylation sites is 1. The lowest BCUT2D eigenvalue weighted by Crippen LogP contribution is -2.30. The fourth-order valence-corrected chi connectivity index (χ4v) is 2.37. The van der Waals surface area contributed by atoms with Gasteiger partial charge in [-0.1, -0.05) is 12.1 Å². The molecule has 0 saturated heterocycles. The first kappa shape index (κ1) is 18.5. The number of anilines is 1. The Morgan fingerprint density at radius 3 is 2.56 bits per heavy atom. The largest absolute Gasteiger partial charge is 0.493 e. The van der Waals surface area contributed by atoms with Gasteiger partial charge in [-0.3, -0.25) is 9.48 Å². The molecule has 25 heavy (non-hydrogen) atoms. The highest BCUT2D eigenvalue weighted by Gasteiger charge is 2.23. The second-order valence-electron chi connectivity index (χ2n) is 5.64. The minimum Gasteiger partial charge on any atom is -0.493 e. The third-order valence-electron chi connectivity index (χ3n) is 3.82. The van der Waals surface area contributed by atoms with Crippen molar-refractivity contribution in [3.8, 4) is 5.75 Å². The van der Waals surface area contributed by atoms with Crippen molar-refractivity contribution in [2.24, 2.45) is 7.05 Å². The smallest absolute Gasteiger partial charge is 0.342 e. The number of nitrogens with zero attached hydrogens (tertiary/aromatic N) is 2. The van der Waals surface area contributed by atoms with Crippen LogP contribution in [-0.2, 0) is 16.6 Å². The van der Waals surface area contributed by atoms with E-state index in [4.69, 9.17) is 9.47 Å². The van der Waals surface area contributed by atoms with E-state index in [1.165, 1.54) is 6.92 Å². The Labute approximate surface area is 146 Å². The average molecular weight is 345 g/mol. The number of hydrogen-bond donors (Lipinski definition) is 1.